The summed E-state index contributed by atoms with van der Waals surface area (Å²) in [6, 6.07) is 16.9. The van der Waals surface area contributed by atoms with Crippen molar-refractivity contribution in [3.63, 3.8) is 0 Å². The number of carbonyl (C=O) groups excluding carboxylic acids is 1. The zero-order valence-corrected chi connectivity index (χ0v) is 26.2. The van der Waals surface area contributed by atoms with E-state index in [9.17, 15) is 13.2 Å². The van der Waals surface area contributed by atoms with Gasteiger partial charge in [0.25, 0.3) is 0 Å². The summed E-state index contributed by atoms with van der Waals surface area (Å²) in [7, 11) is -0.368. The Balaban J connectivity index is 1.80. The molecule has 0 amide bonds. The zero-order chi connectivity index (χ0) is 30.6. The van der Waals surface area contributed by atoms with E-state index in [4.69, 9.17) is 9.47 Å². The number of rotatable bonds is 12. The Bertz CT molecular complexity index is 1680. The number of fused-ring (bicyclic) bond motifs is 1. The number of hydrogen-bond acceptors (Lipinski definition) is 7. The number of aryl methyl sites for hydroxylation is 3. The largest absolute Gasteiger partial charge is 0.494 e. The Morgan fingerprint density at radius 1 is 1.02 bits per heavy atom. The highest BCUT2D eigenvalue weighted by Gasteiger charge is 2.28. The maximum atomic E-state index is 13.9. The number of esters is 1. The molecule has 0 saturated heterocycles. The fraction of sp³-hybridized carbons (Fsp3) is 0.406. The van der Waals surface area contributed by atoms with Gasteiger partial charge in [-0.2, -0.15) is 4.31 Å². The molecule has 0 aliphatic heterocycles. The highest BCUT2D eigenvalue weighted by Crippen LogP contribution is 2.36. The predicted octanol–water partition coefficient (Wildman–Crippen LogP) is 5.53. The molecule has 1 aromatic heterocycles. The summed E-state index contributed by atoms with van der Waals surface area (Å²) in [5.41, 5.74) is 5.64. The monoisotopic (exact) mass is 592 g/mol. The summed E-state index contributed by atoms with van der Waals surface area (Å²) in [5.74, 6) is 0.0141. The maximum absolute atomic E-state index is 13.9. The van der Waals surface area contributed by atoms with E-state index < -0.39 is 10.0 Å². The van der Waals surface area contributed by atoms with Crippen LogP contribution in [0.25, 0.3) is 11.0 Å². The third-order valence-corrected chi connectivity index (χ3v) is 9.36. The normalized spacial score (nSPS) is 12.7. The number of ether oxygens (including phenoxy) is 2. The van der Waals surface area contributed by atoms with Crippen molar-refractivity contribution in [1.29, 1.82) is 0 Å². The summed E-state index contributed by atoms with van der Waals surface area (Å²) in [6.07, 6.45) is 0.0997. The number of nitrogens with zero attached hydrogens (tertiary/aromatic N) is 4. The van der Waals surface area contributed by atoms with Crippen molar-refractivity contribution < 1.29 is 22.7 Å². The molecular weight excluding hydrogens is 552 g/mol. The van der Waals surface area contributed by atoms with Gasteiger partial charge in [0, 0.05) is 26.1 Å². The van der Waals surface area contributed by atoms with Gasteiger partial charge in [-0.05, 0) is 72.7 Å². The Hall–Kier alpha value is -3.76. The second kappa shape index (κ2) is 13.0. The minimum atomic E-state index is -3.76. The molecule has 224 valence electrons. The first kappa shape index (κ1) is 31.2. The zero-order valence-electron chi connectivity index (χ0n) is 25.4. The van der Waals surface area contributed by atoms with Crippen LogP contribution in [0.4, 0.5) is 0 Å². The molecule has 9 nitrogen and oxygen atoms in total. The molecule has 3 aromatic carbocycles. The van der Waals surface area contributed by atoms with E-state index in [1.807, 2.05) is 70.2 Å². The van der Waals surface area contributed by atoms with Crippen LogP contribution in [0.3, 0.4) is 0 Å². The lowest BCUT2D eigenvalue weighted by atomic mass is 9.86. The minimum Gasteiger partial charge on any atom is -0.494 e. The number of benzene rings is 3. The van der Waals surface area contributed by atoms with Gasteiger partial charge in [0.2, 0.25) is 10.0 Å². The topological polar surface area (TPSA) is 104 Å². The molecule has 0 aliphatic carbocycles. The Kier molecular flexibility index (Phi) is 9.68. The Morgan fingerprint density at radius 3 is 2.43 bits per heavy atom. The van der Waals surface area contributed by atoms with Crippen LogP contribution < -0.4 is 4.74 Å². The van der Waals surface area contributed by atoms with Crippen molar-refractivity contribution in [2.75, 3.05) is 20.3 Å². The van der Waals surface area contributed by atoms with Crippen LogP contribution in [-0.2, 0) is 33.1 Å². The van der Waals surface area contributed by atoms with E-state index in [1.165, 1.54) is 0 Å². The minimum absolute atomic E-state index is 0.0997. The van der Waals surface area contributed by atoms with Crippen LogP contribution in [0, 0.1) is 19.8 Å². The van der Waals surface area contributed by atoms with Crippen molar-refractivity contribution in [2.24, 2.45) is 13.0 Å². The summed E-state index contributed by atoms with van der Waals surface area (Å²) in [6.45, 7) is 10.4. The number of hydrogen-bond donors (Lipinski definition) is 0. The van der Waals surface area contributed by atoms with E-state index in [-0.39, 0.29) is 37.4 Å². The Labute approximate surface area is 248 Å². The summed E-state index contributed by atoms with van der Waals surface area (Å²) < 4.78 is 42.0. The average molecular weight is 593 g/mol. The van der Waals surface area contributed by atoms with E-state index in [0.29, 0.717) is 28.3 Å². The van der Waals surface area contributed by atoms with Crippen LogP contribution in [0.5, 0.6) is 5.75 Å². The van der Waals surface area contributed by atoms with Gasteiger partial charge in [-0.25, -0.2) is 13.1 Å². The second-order valence-corrected chi connectivity index (χ2v) is 12.9. The highest BCUT2D eigenvalue weighted by molar-refractivity contribution is 7.89. The number of methoxy groups -OCH3 is 1. The molecule has 42 heavy (non-hydrogen) atoms. The van der Waals surface area contributed by atoms with Gasteiger partial charge in [0.05, 0.1) is 25.0 Å². The lowest BCUT2D eigenvalue weighted by molar-refractivity contribution is -0.143. The molecule has 10 heteroatoms. The van der Waals surface area contributed by atoms with Crippen LogP contribution >= 0.6 is 0 Å². The highest BCUT2D eigenvalue weighted by atomic mass is 32.2. The van der Waals surface area contributed by atoms with E-state index >= 15 is 0 Å². The third-order valence-electron chi connectivity index (χ3n) is 7.39. The summed E-state index contributed by atoms with van der Waals surface area (Å²) >= 11 is 0. The van der Waals surface area contributed by atoms with Crippen LogP contribution in [0.2, 0.25) is 0 Å². The van der Waals surface area contributed by atoms with Crippen molar-refractivity contribution in [3.8, 4) is 5.75 Å². The van der Waals surface area contributed by atoms with Gasteiger partial charge in [-0.3, -0.25) is 4.79 Å². The lowest BCUT2D eigenvalue weighted by Crippen LogP contribution is -2.34. The molecule has 0 saturated carbocycles. The fourth-order valence-corrected chi connectivity index (χ4v) is 7.06. The van der Waals surface area contributed by atoms with Gasteiger partial charge in [-0.1, -0.05) is 55.5 Å². The van der Waals surface area contributed by atoms with Crippen LogP contribution in [0.1, 0.15) is 60.9 Å². The molecule has 4 rings (SSSR count). The van der Waals surface area contributed by atoms with Gasteiger partial charge in [-0.15, -0.1) is 5.10 Å². The van der Waals surface area contributed by atoms with Gasteiger partial charge in [0.15, 0.2) is 0 Å². The molecule has 1 heterocycles. The second-order valence-electron chi connectivity index (χ2n) is 11.0. The first-order chi connectivity index (χ1) is 20.0. The van der Waals surface area contributed by atoms with Gasteiger partial charge in [0.1, 0.15) is 16.8 Å². The molecule has 0 N–H and O–H groups in total. The van der Waals surface area contributed by atoms with Crippen LogP contribution in [-0.4, -0.2) is 53.9 Å². The van der Waals surface area contributed by atoms with Crippen LogP contribution in [0.15, 0.2) is 59.5 Å². The maximum Gasteiger partial charge on any atom is 0.306 e. The average Bonchev–Trinajstić information content (AvgIpc) is 3.32. The smallest absolute Gasteiger partial charge is 0.306 e. The van der Waals surface area contributed by atoms with Crippen molar-refractivity contribution >= 4 is 27.0 Å². The number of carbonyl (C=O) groups is 1. The van der Waals surface area contributed by atoms with Crippen molar-refractivity contribution in [3.05, 3.63) is 82.4 Å². The van der Waals surface area contributed by atoms with E-state index in [2.05, 4.69) is 10.3 Å². The molecule has 0 aliphatic rings. The molecule has 0 fully saturated rings. The third kappa shape index (κ3) is 6.65. The fourth-order valence-electron chi connectivity index (χ4n) is 5.26. The summed E-state index contributed by atoms with van der Waals surface area (Å²) in [5, 5.41) is 8.42. The number of sulfonamides is 1. The predicted molar refractivity (Wildman–Crippen MR) is 163 cm³/mol. The standard InChI is InChI=1S/C32H40N4O5S/c1-8-41-31(37)18-27(25-16-28-32(29(17-25)40-7)35(6)34-33-28)24-14-13-22(4)26(15-24)20-36(19-21(2)3)42(38,39)30-12-10-9-11-23(30)5/h9-17,21,27H,8,18-20H2,1-7H3. The molecule has 0 bridgehead atoms. The first-order valence-corrected chi connectivity index (χ1v) is 15.6. The van der Waals surface area contributed by atoms with Crippen molar-refractivity contribution in [1.82, 2.24) is 19.3 Å². The quantitative estimate of drug-likeness (QED) is 0.199. The molecule has 0 spiro atoms. The molecule has 0 radical (unpaired) electrons. The molecule has 1 unspecified atom stereocenters. The first-order valence-electron chi connectivity index (χ1n) is 14.1. The van der Waals surface area contributed by atoms with E-state index in [0.717, 1.165) is 27.8 Å². The van der Waals surface area contributed by atoms with E-state index in [1.54, 1.807) is 42.2 Å². The van der Waals surface area contributed by atoms with Crippen molar-refractivity contribution in [2.45, 2.75) is 58.4 Å². The SMILES string of the molecule is CCOC(=O)CC(c1ccc(C)c(CN(CC(C)C)S(=O)(=O)c2ccccc2C)c1)c1cc(OC)c2c(c1)nnn2C. The lowest BCUT2D eigenvalue weighted by Gasteiger charge is -2.26. The van der Waals surface area contributed by atoms with Gasteiger partial charge < -0.3 is 9.47 Å². The Morgan fingerprint density at radius 2 is 1.76 bits per heavy atom. The molecular formula is C32H40N4O5S. The van der Waals surface area contributed by atoms with Gasteiger partial charge >= 0.3 is 5.97 Å². The molecule has 1 atom stereocenters. The molecule has 4 aromatic rings. The number of aromatic nitrogens is 3. The summed E-state index contributed by atoms with van der Waals surface area (Å²) in [4.78, 5) is 13.1.